The third-order valence-electron chi connectivity index (χ3n) is 19.1. The van der Waals surface area contributed by atoms with E-state index >= 15 is 4.79 Å². The number of aliphatic hydroxyl groups is 1. The second kappa shape index (κ2) is 51.0. The Balaban J connectivity index is 1.90. The fourth-order valence-electron chi connectivity index (χ4n) is 12.7. The zero-order valence-corrected chi connectivity index (χ0v) is 66.2. The van der Waals surface area contributed by atoms with Crippen molar-refractivity contribution in [3.05, 3.63) is 65.6 Å². The predicted octanol–water partition coefficient (Wildman–Crippen LogP) is -1.96. The molecule has 13 atom stereocenters. The van der Waals surface area contributed by atoms with Crippen molar-refractivity contribution < 1.29 is 130 Å². The Morgan fingerprint density at radius 1 is 0.669 bits per heavy atom. The number of H-pyrrole nitrogens is 1. The van der Waals surface area contributed by atoms with Crippen molar-refractivity contribution in [1.82, 2.24) is 58.2 Å². The number of rotatable bonds is 40. The van der Waals surface area contributed by atoms with E-state index in [0.717, 1.165) is 46.0 Å². The number of ether oxygens (including phenoxy) is 3. The highest BCUT2D eigenvalue weighted by Crippen LogP contribution is 2.26. The van der Waals surface area contributed by atoms with Crippen LogP contribution in [-0.4, -0.2) is 240 Å². The third-order valence-corrected chi connectivity index (χ3v) is 19.1. The SMILES string of the molecule is CCCCCCCCCC(=O)N[C@@H](Cc1c[nH]c2ccc(F)cc12)C(=O)N[C@H](CC(N)=O)C(=O)C[C@@H](CC(=O)O)C(=O)N[C@@H]1C(=O)NCC(=O)N[C@@H](CCCN)C(=O)C[C@@H](COC=O)C(=O)N[C@H](C)C(=O)N[C@@H](COC=O)C(=O)NCC(=O)N[C@H](CO)C(=O)C[C@@H]([C@H](C)CC(=O)O)C(=O)N[C@@H](CC(=O)c2ccccc2NCC)C(=O)O[C@@H]1C. The van der Waals surface area contributed by atoms with Gasteiger partial charge in [0.15, 0.2) is 23.1 Å². The molecule has 40 nitrogen and oxygen atoms in total. The van der Waals surface area contributed by atoms with Crippen molar-refractivity contribution in [3.8, 4) is 0 Å². The number of aromatic nitrogens is 1. The number of amides is 11. The molecule has 0 bridgehead atoms. The summed E-state index contributed by atoms with van der Waals surface area (Å²) >= 11 is 0. The van der Waals surface area contributed by atoms with E-state index in [4.69, 9.17) is 25.7 Å². The summed E-state index contributed by atoms with van der Waals surface area (Å²) in [7, 11) is 0. The summed E-state index contributed by atoms with van der Waals surface area (Å²) in [4.78, 5) is 277. The number of nitrogens with one attached hydrogen (secondary N) is 12. The van der Waals surface area contributed by atoms with Crippen LogP contribution >= 0.6 is 0 Å². The molecule has 0 aliphatic carbocycles. The molecule has 11 amide bonds. The van der Waals surface area contributed by atoms with E-state index in [9.17, 15) is 111 Å². The van der Waals surface area contributed by atoms with Crippen LogP contribution in [0.15, 0.2) is 48.7 Å². The van der Waals surface area contributed by atoms with Crippen molar-refractivity contribution in [3.63, 3.8) is 0 Å². The first-order chi connectivity index (χ1) is 56.1. The second-order valence-electron chi connectivity index (χ2n) is 28.4. The van der Waals surface area contributed by atoms with E-state index in [1.54, 1.807) is 13.0 Å². The Hall–Kier alpha value is -12.2. The Bertz CT molecular complexity index is 4060. The normalized spacial score (nSPS) is 21.0. The highest BCUT2D eigenvalue weighted by Gasteiger charge is 2.41. The Kier molecular flexibility index (Phi) is 42.5. The number of aliphatic hydroxyl groups excluding tert-OH is 1. The van der Waals surface area contributed by atoms with Crippen LogP contribution in [0.5, 0.6) is 0 Å². The molecule has 2 heterocycles. The van der Waals surface area contributed by atoms with Crippen LogP contribution in [-0.2, 0) is 112 Å². The summed E-state index contributed by atoms with van der Waals surface area (Å²) in [6, 6.07) is -5.62. The van der Waals surface area contributed by atoms with Crippen LogP contribution in [0, 0.1) is 29.5 Å². The summed E-state index contributed by atoms with van der Waals surface area (Å²) in [5.74, 6) is -30.2. The number of cyclic esters (lactones) is 1. The van der Waals surface area contributed by atoms with Crippen LogP contribution in [0.4, 0.5) is 10.1 Å². The standard InChI is InChI=1S/C77H107FN14O26/c1-6-8-9-10-11-12-13-20-64(101)87-55(25-45-33-82-52-22-21-47(78)29-50(45)52)75(113)89-54(32-63(80)100)61(98)26-44(28-68(106)107)71(109)92-69-43(5)118-77(115)56(31-59(96)48-17-14-15-18-51(48)81-7-2)90-73(111)49(41(3)24-67(104)105)30-62(99)57(36-93)88-66(103)34-83-74(112)58(38-117-40-95)91-70(108)42(4)85-72(110)46(37-116-39-94)27-60(97)53(19-16-23-79)86-65(102)35-84-76(69)114/h14-15,17-18,21-22,29,33,39-44,46,49,53-58,69,81-82,93H,6-13,16,19-20,23-28,30-32,34-38,79H2,1-5H3,(H2,80,100)(H,83,112)(H,84,114)(H,85,110)(H,86,102)(H,87,101)(H,88,103)(H,89,113)(H,90,111)(H,91,108)(H,92,109)(H,104,105)(H,106,107)/t41-,42-,43-,44+,46+,49+,53+,54-,55+,56+,57-,58+,69+/m1/s1. The minimum absolute atomic E-state index is 0.00641. The van der Waals surface area contributed by atoms with Gasteiger partial charge in [-0.3, -0.25) is 91.1 Å². The zero-order valence-electron chi connectivity index (χ0n) is 66.2. The molecule has 0 radical (unpaired) electrons. The van der Waals surface area contributed by atoms with Gasteiger partial charge in [-0.15, -0.1) is 0 Å². The number of esters is 1. The van der Waals surface area contributed by atoms with Crippen molar-refractivity contribution >= 4 is 136 Å². The van der Waals surface area contributed by atoms with Gasteiger partial charge >= 0.3 is 17.9 Å². The molecule has 648 valence electrons. The molecule has 0 saturated carbocycles. The molecule has 4 rings (SSSR count). The molecular weight excluding hydrogens is 1560 g/mol. The molecular formula is C77H107FN14O26. The first kappa shape index (κ1) is 98.2. The van der Waals surface area contributed by atoms with Crippen molar-refractivity contribution in [2.75, 3.05) is 51.3 Å². The van der Waals surface area contributed by atoms with Gasteiger partial charge in [0.2, 0.25) is 65.0 Å². The fourth-order valence-corrected chi connectivity index (χ4v) is 12.7. The fraction of sp³-hybridized carbons (Fsp3) is 0.558. The molecule has 3 aromatic rings. The van der Waals surface area contributed by atoms with Crippen molar-refractivity contribution in [1.29, 1.82) is 0 Å². The van der Waals surface area contributed by atoms with Gasteiger partial charge < -0.3 is 104 Å². The smallest absolute Gasteiger partial charge is 0.329 e. The predicted molar refractivity (Wildman–Crippen MR) is 413 cm³/mol. The number of carboxylic acid groups (broad SMARTS) is 2. The number of halogens is 1. The van der Waals surface area contributed by atoms with Gasteiger partial charge in [-0.2, -0.15) is 0 Å². The van der Waals surface area contributed by atoms with Crippen molar-refractivity contribution in [2.45, 2.75) is 205 Å². The summed E-state index contributed by atoms with van der Waals surface area (Å²) in [5, 5.41) is 56.8. The topological polar surface area (TPSA) is 630 Å². The molecule has 118 heavy (non-hydrogen) atoms. The maximum absolute atomic E-state index is 15.0. The maximum atomic E-state index is 15.0. The number of nitrogens with two attached hydrogens (primary N) is 2. The molecule has 1 aliphatic rings. The first-order valence-electron chi connectivity index (χ1n) is 38.6. The van der Waals surface area contributed by atoms with E-state index in [1.165, 1.54) is 49.5 Å². The van der Waals surface area contributed by atoms with Gasteiger partial charge in [0, 0.05) is 85.8 Å². The lowest BCUT2D eigenvalue weighted by molar-refractivity contribution is -0.156. The molecule has 1 fully saturated rings. The number of fused-ring (bicyclic) bond motifs is 1. The van der Waals surface area contributed by atoms with E-state index in [-0.39, 0.29) is 63.0 Å². The molecule has 41 heteroatoms. The molecule has 1 saturated heterocycles. The Labute approximate surface area is 677 Å². The number of carbonyl (C=O) groups excluding carboxylic acids is 18. The number of para-hydroxylation sites is 1. The molecule has 19 N–H and O–H groups in total. The molecule has 0 spiro atoms. The van der Waals surface area contributed by atoms with E-state index in [1.807, 2.05) is 0 Å². The van der Waals surface area contributed by atoms with Gasteiger partial charge in [0.25, 0.3) is 12.9 Å². The number of hydrogen-bond acceptors (Lipinski definition) is 26. The number of primary amides is 1. The van der Waals surface area contributed by atoms with Crippen LogP contribution in [0.25, 0.3) is 10.9 Å². The molecule has 1 aromatic heterocycles. The minimum Gasteiger partial charge on any atom is -0.481 e. The van der Waals surface area contributed by atoms with E-state index in [2.05, 4.69) is 70.4 Å². The summed E-state index contributed by atoms with van der Waals surface area (Å²) < 4.78 is 30.0. The number of Topliss-reactive ketones (excluding diaryl/α,β-unsaturated/α-hetero) is 4. The van der Waals surface area contributed by atoms with Crippen LogP contribution in [0.1, 0.15) is 160 Å². The molecule has 1 aliphatic heterocycles. The number of benzene rings is 2. The molecule has 0 unspecified atom stereocenters. The lowest BCUT2D eigenvalue weighted by Crippen LogP contribution is -2.57. The summed E-state index contributed by atoms with van der Waals surface area (Å²) in [6.45, 7) is 1.73. The third kappa shape index (κ3) is 33.6. The van der Waals surface area contributed by atoms with Crippen LogP contribution < -0.4 is 70.0 Å². The quantitative estimate of drug-likeness (QED) is 0.00966. The number of aromatic amines is 1. The molecule has 2 aromatic carbocycles. The average molecular weight is 1660 g/mol. The van der Waals surface area contributed by atoms with Gasteiger partial charge in [-0.25, -0.2) is 9.18 Å². The number of carboxylic acids is 2. The lowest BCUT2D eigenvalue weighted by Gasteiger charge is -2.29. The van der Waals surface area contributed by atoms with Gasteiger partial charge in [0.1, 0.15) is 61.4 Å². The number of hydrogen-bond donors (Lipinski definition) is 17. The summed E-state index contributed by atoms with van der Waals surface area (Å²) in [6.07, 6.45) is -2.88. The average Bonchev–Trinajstić information content (AvgIpc) is 1.28. The number of carbonyl (C=O) groups is 20. The van der Waals surface area contributed by atoms with Crippen LogP contribution in [0.3, 0.4) is 0 Å². The minimum atomic E-state index is -2.38. The Morgan fingerprint density at radius 2 is 1.30 bits per heavy atom. The second-order valence-corrected chi connectivity index (χ2v) is 28.4. The monoisotopic (exact) mass is 1660 g/mol. The Morgan fingerprint density at radius 3 is 1.93 bits per heavy atom. The number of ketones is 4. The first-order valence-corrected chi connectivity index (χ1v) is 38.6. The maximum Gasteiger partial charge on any atom is 0.329 e. The van der Waals surface area contributed by atoms with Gasteiger partial charge in [-0.05, 0) is 88.4 Å². The van der Waals surface area contributed by atoms with Crippen LogP contribution in [0.2, 0.25) is 0 Å². The largest absolute Gasteiger partial charge is 0.481 e. The number of anilines is 1. The summed E-state index contributed by atoms with van der Waals surface area (Å²) in [5.41, 5.74) is 12.3. The lowest BCUT2D eigenvalue weighted by atomic mass is 9.84. The highest BCUT2D eigenvalue weighted by atomic mass is 19.1. The zero-order chi connectivity index (χ0) is 87.7. The highest BCUT2D eigenvalue weighted by molar-refractivity contribution is 6.05. The number of aliphatic carboxylic acids is 2. The van der Waals surface area contributed by atoms with Gasteiger partial charge in [-0.1, -0.05) is 64.5 Å². The van der Waals surface area contributed by atoms with E-state index in [0.29, 0.717) is 29.3 Å². The number of unbranched alkanes of at least 4 members (excludes halogenated alkanes) is 6. The van der Waals surface area contributed by atoms with Crippen molar-refractivity contribution in [2.24, 2.45) is 35.1 Å². The van der Waals surface area contributed by atoms with E-state index < -0.39 is 268 Å². The van der Waals surface area contributed by atoms with Gasteiger partial charge in [0.05, 0.1) is 56.5 Å².